The lowest BCUT2D eigenvalue weighted by Crippen LogP contribution is -2.09. The number of carbonyl (C=O) groups excluding carboxylic acids is 1. The second kappa shape index (κ2) is 6.33. The number of carbonyl (C=O) groups is 2. The number of nitrogen functional groups attached to an aromatic ring is 1. The van der Waals surface area contributed by atoms with Gasteiger partial charge in [-0.15, -0.1) is 0 Å². The molecule has 4 N–H and O–H groups in total. The number of nitrogens with zero attached hydrogens (tertiary/aromatic N) is 1. The van der Waals surface area contributed by atoms with E-state index in [4.69, 9.17) is 10.8 Å². The Balaban J connectivity index is 2.03. The van der Waals surface area contributed by atoms with E-state index in [2.05, 4.69) is 10.3 Å². The minimum atomic E-state index is -1.10. The van der Waals surface area contributed by atoms with Crippen molar-refractivity contribution < 1.29 is 14.7 Å². The molecule has 0 bridgehead atoms. The highest BCUT2D eigenvalue weighted by molar-refractivity contribution is 6.02. The molecule has 0 aliphatic rings. The molecular weight excluding hydrogens is 270 g/mol. The zero-order chi connectivity index (χ0) is 15.2. The summed E-state index contributed by atoms with van der Waals surface area (Å²) in [5.74, 6) is -1.48. The monoisotopic (exact) mass is 283 g/mol. The van der Waals surface area contributed by atoms with E-state index in [-0.39, 0.29) is 11.5 Å². The van der Waals surface area contributed by atoms with Crippen LogP contribution in [-0.2, 0) is 4.79 Å². The van der Waals surface area contributed by atoms with Crippen molar-refractivity contribution in [2.24, 2.45) is 0 Å². The summed E-state index contributed by atoms with van der Waals surface area (Å²) in [5, 5.41) is 11.4. The van der Waals surface area contributed by atoms with Gasteiger partial charge in [0.15, 0.2) is 0 Å². The van der Waals surface area contributed by atoms with E-state index in [0.29, 0.717) is 11.4 Å². The van der Waals surface area contributed by atoms with Gasteiger partial charge in [-0.3, -0.25) is 9.78 Å². The predicted octanol–water partition coefficient (Wildman–Crippen LogP) is 2.01. The van der Waals surface area contributed by atoms with Crippen LogP contribution in [0.4, 0.5) is 11.4 Å². The van der Waals surface area contributed by atoms with Gasteiger partial charge in [-0.2, -0.15) is 0 Å². The van der Waals surface area contributed by atoms with Crippen LogP contribution in [0.5, 0.6) is 0 Å². The van der Waals surface area contributed by atoms with E-state index in [1.165, 1.54) is 24.5 Å². The molecule has 21 heavy (non-hydrogen) atoms. The van der Waals surface area contributed by atoms with Gasteiger partial charge in [-0.1, -0.05) is 12.1 Å². The number of aromatic carboxylic acids is 1. The number of pyridine rings is 1. The number of aromatic nitrogens is 1. The van der Waals surface area contributed by atoms with Gasteiger partial charge in [0.05, 0.1) is 17.4 Å². The van der Waals surface area contributed by atoms with Crippen LogP contribution in [0.15, 0.2) is 48.8 Å². The average molecular weight is 283 g/mol. The van der Waals surface area contributed by atoms with E-state index >= 15 is 0 Å². The third-order valence-corrected chi connectivity index (χ3v) is 2.62. The summed E-state index contributed by atoms with van der Waals surface area (Å²) in [7, 11) is 0. The molecule has 0 unspecified atom stereocenters. The molecule has 0 aliphatic heterocycles. The SMILES string of the molecule is Nc1ccc(/C=C/C(=O)Nc2cncc(C(=O)O)c2)cc1. The van der Waals surface area contributed by atoms with Gasteiger partial charge in [-0.25, -0.2) is 4.79 Å². The molecule has 0 saturated heterocycles. The third kappa shape index (κ3) is 4.17. The smallest absolute Gasteiger partial charge is 0.337 e. The van der Waals surface area contributed by atoms with Gasteiger partial charge in [-0.05, 0) is 29.8 Å². The number of rotatable bonds is 4. The van der Waals surface area contributed by atoms with Crippen LogP contribution in [-0.4, -0.2) is 22.0 Å². The largest absolute Gasteiger partial charge is 0.478 e. The summed E-state index contributed by atoms with van der Waals surface area (Å²) in [6.45, 7) is 0. The maximum absolute atomic E-state index is 11.7. The van der Waals surface area contributed by atoms with E-state index < -0.39 is 5.97 Å². The summed E-state index contributed by atoms with van der Waals surface area (Å²) in [6.07, 6.45) is 5.56. The molecule has 1 aromatic carbocycles. The number of benzene rings is 1. The van der Waals surface area contributed by atoms with Crippen molar-refractivity contribution in [3.8, 4) is 0 Å². The molecule has 1 amide bonds. The zero-order valence-electron chi connectivity index (χ0n) is 11.0. The minimum Gasteiger partial charge on any atom is -0.478 e. The summed E-state index contributed by atoms with van der Waals surface area (Å²) in [5.41, 5.74) is 7.37. The van der Waals surface area contributed by atoms with Gasteiger partial charge >= 0.3 is 5.97 Å². The summed E-state index contributed by atoms with van der Waals surface area (Å²) in [6, 6.07) is 8.37. The standard InChI is InChI=1S/C15H13N3O3/c16-12-4-1-10(2-5-12)3-6-14(19)18-13-7-11(15(20)21)8-17-9-13/h1-9H,16H2,(H,18,19)(H,20,21)/b6-3+. The first kappa shape index (κ1) is 14.3. The Labute approximate surface area is 120 Å². The van der Waals surface area contributed by atoms with Crippen molar-refractivity contribution in [2.45, 2.75) is 0 Å². The Kier molecular flexibility index (Phi) is 4.30. The highest BCUT2D eigenvalue weighted by Crippen LogP contribution is 2.10. The third-order valence-electron chi connectivity index (χ3n) is 2.62. The molecule has 1 heterocycles. The Morgan fingerprint density at radius 3 is 2.57 bits per heavy atom. The predicted molar refractivity (Wildman–Crippen MR) is 79.7 cm³/mol. The first-order valence-electron chi connectivity index (χ1n) is 6.07. The van der Waals surface area contributed by atoms with Crippen LogP contribution < -0.4 is 11.1 Å². The number of nitrogens with one attached hydrogen (secondary N) is 1. The lowest BCUT2D eigenvalue weighted by Gasteiger charge is -2.02. The van der Waals surface area contributed by atoms with Crippen molar-refractivity contribution in [2.75, 3.05) is 11.1 Å². The number of hydrogen-bond acceptors (Lipinski definition) is 4. The Morgan fingerprint density at radius 2 is 1.90 bits per heavy atom. The van der Waals surface area contributed by atoms with Crippen LogP contribution >= 0.6 is 0 Å². The van der Waals surface area contributed by atoms with Crippen molar-refractivity contribution in [1.29, 1.82) is 0 Å². The molecule has 0 radical (unpaired) electrons. The first-order valence-corrected chi connectivity index (χ1v) is 6.07. The van der Waals surface area contributed by atoms with Gasteiger partial charge < -0.3 is 16.2 Å². The van der Waals surface area contributed by atoms with E-state index in [1.54, 1.807) is 30.3 Å². The fraction of sp³-hybridized carbons (Fsp3) is 0. The quantitative estimate of drug-likeness (QED) is 0.588. The molecule has 0 saturated carbocycles. The molecule has 6 heteroatoms. The molecule has 0 spiro atoms. The number of carboxylic acid groups (broad SMARTS) is 1. The van der Waals surface area contributed by atoms with E-state index in [1.807, 2.05) is 0 Å². The van der Waals surface area contributed by atoms with E-state index in [0.717, 1.165) is 5.56 Å². The summed E-state index contributed by atoms with van der Waals surface area (Å²) < 4.78 is 0. The highest BCUT2D eigenvalue weighted by atomic mass is 16.4. The second-order valence-electron chi connectivity index (χ2n) is 4.26. The maximum Gasteiger partial charge on any atom is 0.337 e. The second-order valence-corrected chi connectivity index (χ2v) is 4.26. The average Bonchev–Trinajstić information content (AvgIpc) is 2.47. The zero-order valence-corrected chi connectivity index (χ0v) is 11.0. The van der Waals surface area contributed by atoms with Crippen LogP contribution in [0.2, 0.25) is 0 Å². The number of amides is 1. The number of hydrogen-bond donors (Lipinski definition) is 3. The molecule has 106 valence electrons. The maximum atomic E-state index is 11.7. The number of nitrogens with two attached hydrogens (primary N) is 1. The molecule has 6 nitrogen and oxygen atoms in total. The van der Waals surface area contributed by atoms with Crippen LogP contribution in [0, 0.1) is 0 Å². The lowest BCUT2D eigenvalue weighted by molar-refractivity contribution is -0.111. The van der Waals surface area contributed by atoms with Gasteiger partial charge in [0, 0.05) is 18.0 Å². The molecular formula is C15H13N3O3. The lowest BCUT2D eigenvalue weighted by atomic mass is 10.2. The summed E-state index contributed by atoms with van der Waals surface area (Å²) in [4.78, 5) is 26.3. The van der Waals surface area contributed by atoms with Crippen molar-refractivity contribution in [3.05, 3.63) is 59.9 Å². The van der Waals surface area contributed by atoms with Crippen LogP contribution in [0.1, 0.15) is 15.9 Å². The minimum absolute atomic E-state index is 0.00955. The molecule has 1 aromatic heterocycles. The fourth-order valence-electron chi connectivity index (χ4n) is 1.59. The topological polar surface area (TPSA) is 105 Å². The number of carboxylic acids is 1. The number of anilines is 2. The van der Waals surface area contributed by atoms with Crippen LogP contribution in [0.3, 0.4) is 0 Å². The normalized spacial score (nSPS) is 10.5. The molecule has 2 rings (SSSR count). The van der Waals surface area contributed by atoms with E-state index in [9.17, 15) is 9.59 Å². The van der Waals surface area contributed by atoms with Gasteiger partial charge in [0.25, 0.3) is 0 Å². The van der Waals surface area contributed by atoms with Crippen LogP contribution in [0.25, 0.3) is 6.08 Å². The van der Waals surface area contributed by atoms with Gasteiger partial charge in [0.1, 0.15) is 0 Å². The molecule has 0 aliphatic carbocycles. The van der Waals surface area contributed by atoms with Gasteiger partial charge in [0.2, 0.25) is 5.91 Å². The highest BCUT2D eigenvalue weighted by Gasteiger charge is 2.05. The first-order chi connectivity index (χ1) is 10.0. The Hall–Kier alpha value is -3.15. The van der Waals surface area contributed by atoms with Crippen molar-refractivity contribution in [3.63, 3.8) is 0 Å². The molecule has 0 fully saturated rings. The Bertz CT molecular complexity index is 694. The van der Waals surface area contributed by atoms with Crippen molar-refractivity contribution >= 4 is 29.3 Å². The Morgan fingerprint density at radius 1 is 1.19 bits per heavy atom. The fourth-order valence-corrected chi connectivity index (χ4v) is 1.59. The molecule has 2 aromatic rings. The van der Waals surface area contributed by atoms with Crippen molar-refractivity contribution in [1.82, 2.24) is 4.98 Å². The summed E-state index contributed by atoms with van der Waals surface area (Å²) >= 11 is 0. The molecule has 0 atom stereocenters.